The van der Waals surface area contributed by atoms with E-state index in [1.165, 1.54) is 109 Å². The van der Waals surface area contributed by atoms with Crippen molar-refractivity contribution in [3.05, 3.63) is 12.2 Å². The number of hydrogen-bond donors (Lipinski definition) is 1. The van der Waals surface area contributed by atoms with Gasteiger partial charge in [-0.1, -0.05) is 103 Å². The molecule has 0 aromatic carbocycles. The second-order valence-electron chi connectivity index (χ2n) is 12.2. The predicted octanol–water partition coefficient (Wildman–Crippen LogP) is 8.85. The number of methoxy groups -OCH3 is 1. The normalized spacial score (nSPS) is 14.7. The highest BCUT2D eigenvalue weighted by molar-refractivity contribution is 7.47. The van der Waals surface area contributed by atoms with Crippen molar-refractivity contribution in [2.24, 2.45) is 0 Å². The van der Waals surface area contributed by atoms with Gasteiger partial charge in [-0.15, -0.1) is 0 Å². The maximum Gasteiger partial charge on any atom is 0.472 e. The lowest BCUT2D eigenvalue weighted by Crippen LogP contribution is -2.35. The molecule has 0 rings (SSSR count). The highest BCUT2D eigenvalue weighted by atomic mass is 31.2. The summed E-state index contributed by atoms with van der Waals surface area (Å²) in [7, 11) is 3.69. The molecule has 2 atom stereocenters. The maximum absolute atomic E-state index is 12.0. The summed E-state index contributed by atoms with van der Waals surface area (Å²) in [4.78, 5) is 9.85. The van der Waals surface area contributed by atoms with Crippen molar-refractivity contribution in [1.29, 1.82) is 0 Å². The molecule has 0 heterocycles. The van der Waals surface area contributed by atoms with Gasteiger partial charge in [-0.05, 0) is 32.1 Å². The lowest BCUT2D eigenvalue weighted by molar-refractivity contribution is -0.870. The summed E-state index contributed by atoms with van der Waals surface area (Å²) < 4.78 is 34.0. The molecule has 0 aromatic heterocycles. The lowest BCUT2D eigenvalue weighted by Gasteiger charge is -2.24. The van der Waals surface area contributed by atoms with Crippen LogP contribution in [0, 0.1) is 0 Å². The monoisotopic (exact) mass is 592 g/mol. The molecule has 8 heteroatoms. The lowest BCUT2D eigenvalue weighted by atomic mass is 10.1. The number of rotatable bonds is 31. The molecule has 0 spiro atoms. The molecule has 0 aliphatic heterocycles. The summed E-state index contributed by atoms with van der Waals surface area (Å²) in [6.45, 7) is 4.30. The van der Waals surface area contributed by atoms with E-state index in [4.69, 9.17) is 18.5 Å². The van der Waals surface area contributed by atoms with E-state index >= 15 is 0 Å². The highest BCUT2D eigenvalue weighted by Gasteiger charge is 2.23. The Morgan fingerprint density at radius 3 is 1.68 bits per heavy atom. The Bertz CT molecular complexity index is 611. The van der Waals surface area contributed by atoms with Gasteiger partial charge in [0, 0.05) is 20.1 Å². The van der Waals surface area contributed by atoms with Crippen molar-refractivity contribution in [2.75, 3.05) is 61.2 Å². The molecular weight excluding hydrogens is 525 g/mol. The van der Waals surface area contributed by atoms with Gasteiger partial charge in [-0.25, -0.2) is 4.57 Å². The molecule has 0 fully saturated rings. The van der Waals surface area contributed by atoms with Crippen LogP contribution in [0.25, 0.3) is 0 Å². The summed E-state index contributed by atoms with van der Waals surface area (Å²) in [5, 5.41) is 0. The molecule has 240 valence electrons. The average molecular weight is 593 g/mol. The zero-order valence-electron chi connectivity index (χ0n) is 27.1. The summed E-state index contributed by atoms with van der Waals surface area (Å²) >= 11 is 0. The number of unbranched alkanes of at least 4 members (excludes halogenated alkanes) is 16. The van der Waals surface area contributed by atoms with E-state index in [2.05, 4.69) is 40.2 Å². The molecule has 2 unspecified atom stereocenters. The minimum atomic E-state index is -4.07. The standard InChI is InChI=1S/C32H66NO6P/c1-6-7-8-9-10-11-12-13-14-15-16-17-18-19-20-21-22-23-24-25-28-37-30-32(36-5)31-39-40(34,35)38-29-26-27-33(2,3)4/h13-14,32H,6-12,15-31H2,1-5H3/p+1/b14-13-. The van der Waals surface area contributed by atoms with Crippen molar-refractivity contribution in [3.63, 3.8) is 0 Å². The van der Waals surface area contributed by atoms with Gasteiger partial charge in [-0.2, -0.15) is 0 Å². The summed E-state index contributed by atoms with van der Waals surface area (Å²) in [6, 6.07) is 0. The van der Waals surface area contributed by atoms with Gasteiger partial charge in [0.2, 0.25) is 0 Å². The minimum Gasteiger partial charge on any atom is -0.379 e. The molecule has 0 aliphatic rings. The van der Waals surface area contributed by atoms with Crippen LogP contribution in [0.15, 0.2) is 12.2 Å². The minimum absolute atomic E-state index is 0.0322. The zero-order chi connectivity index (χ0) is 29.8. The third kappa shape index (κ3) is 30.7. The molecular formula is C32H67NO6P+. The molecule has 0 bridgehead atoms. The number of phosphoric ester groups is 1. The largest absolute Gasteiger partial charge is 0.472 e. The molecule has 1 N–H and O–H groups in total. The first-order chi connectivity index (χ1) is 19.2. The van der Waals surface area contributed by atoms with Crippen LogP contribution in [0.1, 0.15) is 129 Å². The Kier molecular flexibility index (Phi) is 27.4. The van der Waals surface area contributed by atoms with Crippen molar-refractivity contribution < 1.29 is 32.5 Å². The van der Waals surface area contributed by atoms with E-state index in [0.717, 1.165) is 17.4 Å². The van der Waals surface area contributed by atoms with Gasteiger partial charge in [-0.3, -0.25) is 9.05 Å². The number of quaternary nitrogens is 1. The molecule has 0 radical (unpaired) electrons. The van der Waals surface area contributed by atoms with Crippen LogP contribution in [0.5, 0.6) is 0 Å². The first kappa shape index (κ1) is 39.7. The van der Waals surface area contributed by atoms with E-state index in [0.29, 0.717) is 19.6 Å². The summed E-state index contributed by atoms with van der Waals surface area (Å²) in [6.07, 6.45) is 28.8. The second kappa shape index (κ2) is 27.6. The van der Waals surface area contributed by atoms with Crippen molar-refractivity contribution in [2.45, 2.75) is 135 Å². The first-order valence-corrected chi connectivity index (χ1v) is 17.9. The van der Waals surface area contributed by atoms with E-state index in [-0.39, 0.29) is 13.2 Å². The second-order valence-corrected chi connectivity index (χ2v) is 13.7. The fraction of sp³-hybridized carbons (Fsp3) is 0.938. The average Bonchev–Trinajstić information content (AvgIpc) is 2.90. The first-order valence-electron chi connectivity index (χ1n) is 16.4. The van der Waals surface area contributed by atoms with Gasteiger partial charge in [0.05, 0.1) is 47.5 Å². The molecule has 0 saturated carbocycles. The number of hydrogen-bond acceptors (Lipinski definition) is 5. The third-order valence-electron chi connectivity index (χ3n) is 7.09. The van der Waals surface area contributed by atoms with Gasteiger partial charge in [0.25, 0.3) is 0 Å². The summed E-state index contributed by atoms with van der Waals surface area (Å²) in [5.41, 5.74) is 0. The maximum atomic E-state index is 12.0. The van der Waals surface area contributed by atoms with E-state index in [1.807, 2.05) is 0 Å². The van der Waals surface area contributed by atoms with Gasteiger partial charge in [0.1, 0.15) is 6.10 Å². The zero-order valence-corrected chi connectivity index (χ0v) is 28.0. The van der Waals surface area contributed by atoms with Crippen LogP contribution in [0.4, 0.5) is 0 Å². The predicted molar refractivity (Wildman–Crippen MR) is 169 cm³/mol. The smallest absolute Gasteiger partial charge is 0.379 e. The topological polar surface area (TPSA) is 74.2 Å². The molecule has 40 heavy (non-hydrogen) atoms. The van der Waals surface area contributed by atoms with Gasteiger partial charge in [0.15, 0.2) is 0 Å². The van der Waals surface area contributed by atoms with Gasteiger partial charge >= 0.3 is 7.82 Å². The van der Waals surface area contributed by atoms with Crippen molar-refractivity contribution in [1.82, 2.24) is 0 Å². The van der Waals surface area contributed by atoms with Crippen LogP contribution in [-0.4, -0.2) is 76.7 Å². The Balaban J connectivity index is 3.47. The van der Waals surface area contributed by atoms with Crippen molar-refractivity contribution in [3.8, 4) is 0 Å². The number of ether oxygens (including phenoxy) is 2. The molecule has 0 aliphatic carbocycles. The van der Waals surface area contributed by atoms with Crippen LogP contribution in [0.2, 0.25) is 0 Å². The van der Waals surface area contributed by atoms with Crippen LogP contribution >= 0.6 is 7.82 Å². The Labute approximate surface area is 248 Å². The molecule has 0 aromatic rings. The molecule has 7 nitrogen and oxygen atoms in total. The van der Waals surface area contributed by atoms with E-state index < -0.39 is 13.9 Å². The van der Waals surface area contributed by atoms with E-state index in [9.17, 15) is 9.46 Å². The molecule has 0 saturated heterocycles. The van der Waals surface area contributed by atoms with Crippen LogP contribution < -0.4 is 0 Å². The number of phosphoric acid groups is 1. The van der Waals surface area contributed by atoms with E-state index in [1.54, 1.807) is 7.11 Å². The Hall–Kier alpha value is -0.270. The van der Waals surface area contributed by atoms with Crippen LogP contribution in [-0.2, 0) is 23.1 Å². The SMILES string of the molecule is CCCCCCCC/C=C\CCCCCCCCCCCCOCC(COP(=O)(O)OCCC[N+](C)(C)C)OC. The quantitative estimate of drug-likeness (QED) is 0.0375. The van der Waals surface area contributed by atoms with Crippen molar-refractivity contribution >= 4 is 7.82 Å². The fourth-order valence-electron chi connectivity index (χ4n) is 4.49. The van der Waals surface area contributed by atoms with Gasteiger partial charge < -0.3 is 18.9 Å². The third-order valence-corrected chi connectivity index (χ3v) is 8.07. The number of nitrogens with zero attached hydrogens (tertiary/aromatic N) is 1. The fourth-order valence-corrected chi connectivity index (χ4v) is 5.28. The summed E-state index contributed by atoms with van der Waals surface area (Å²) in [5.74, 6) is 0. The number of allylic oxidation sites excluding steroid dienone is 2. The molecule has 0 amide bonds. The Morgan fingerprint density at radius 2 is 1.18 bits per heavy atom. The Morgan fingerprint density at radius 1 is 0.675 bits per heavy atom. The highest BCUT2D eigenvalue weighted by Crippen LogP contribution is 2.43. The van der Waals surface area contributed by atoms with Crippen LogP contribution in [0.3, 0.4) is 0 Å².